The van der Waals surface area contributed by atoms with Gasteiger partial charge in [0.05, 0.1) is 10.0 Å². The number of aromatic nitrogens is 1. The lowest BCUT2D eigenvalue weighted by Gasteiger charge is -2.04. The number of rotatable bonds is 1. The van der Waals surface area contributed by atoms with Crippen molar-refractivity contribution in [2.75, 3.05) is 0 Å². The van der Waals surface area contributed by atoms with E-state index in [0.717, 1.165) is 11.3 Å². The molecule has 2 rings (SSSR count). The molecular weight excluding hydrogens is 243 g/mol. The molecule has 0 saturated heterocycles. The van der Waals surface area contributed by atoms with Crippen LogP contribution in [0.3, 0.4) is 0 Å². The SMILES string of the molecule is Cc1ccc(-n2cc(Cl)c(Cl)c2C#N)cc1. The van der Waals surface area contributed by atoms with Gasteiger partial charge in [0.1, 0.15) is 11.8 Å². The van der Waals surface area contributed by atoms with Gasteiger partial charge in [-0.1, -0.05) is 40.9 Å². The Morgan fingerprint density at radius 2 is 1.81 bits per heavy atom. The molecule has 0 fully saturated rings. The fraction of sp³-hybridized carbons (Fsp3) is 0.0833. The molecule has 0 bridgehead atoms. The lowest BCUT2D eigenvalue weighted by molar-refractivity contribution is 1.05. The molecule has 0 atom stereocenters. The maximum absolute atomic E-state index is 9.01. The molecule has 2 aromatic rings. The van der Waals surface area contributed by atoms with Crippen molar-refractivity contribution in [3.05, 3.63) is 51.8 Å². The van der Waals surface area contributed by atoms with E-state index in [9.17, 15) is 0 Å². The number of nitriles is 1. The smallest absolute Gasteiger partial charge is 0.145 e. The third kappa shape index (κ3) is 1.80. The second-order valence-electron chi connectivity index (χ2n) is 3.46. The van der Waals surface area contributed by atoms with Gasteiger partial charge < -0.3 is 4.57 Å². The Morgan fingerprint density at radius 3 is 2.38 bits per heavy atom. The molecule has 16 heavy (non-hydrogen) atoms. The molecule has 0 unspecified atom stereocenters. The lowest BCUT2D eigenvalue weighted by atomic mass is 10.2. The Morgan fingerprint density at radius 1 is 1.19 bits per heavy atom. The monoisotopic (exact) mass is 250 g/mol. The van der Waals surface area contributed by atoms with Crippen molar-refractivity contribution < 1.29 is 0 Å². The van der Waals surface area contributed by atoms with Crippen LogP contribution in [0.1, 0.15) is 11.3 Å². The van der Waals surface area contributed by atoms with Gasteiger partial charge in [-0.25, -0.2) is 0 Å². The number of hydrogen-bond donors (Lipinski definition) is 0. The Labute approximate surface area is 104 Å². The molecule has 4 heteroatoms. The van der Waals surface area contributed by atoms with Crippen molar-refractivity contribution in [2.24, 2.45) is 0 Å². The molecule has 0 spiro atoms. The minimum absolute atomic E-state index is 0.296. The predicted octanol–water partition coefficient (Wildman–Crippen LogP) is 3.96. The molecular formula is C12H8Cl2N2. The maximum atomic E-state index is 9.01. The largest absolute Gasteiger partial charge is 0.305 e. The zero-order chi connectivity index (χ0) is 11.7. The molecule has 1 aromatic heterocycles. The van der Waals surface area contributed by atoms with E-state index in [-0.39, 0.29) is 0 Å². The van der Waals surface area contributed by atoms with Gasteiger partial charge in [-0.3, -0.25) is 0 Å². The molecule has 0 aliphatic rings. The van der Waals surface area contributed by atoms with Crippen LogP contribution in [0.2, 0.25) is 10.0 Å². The Kier molecular flexibility index (Phi) is 2.91. The number of nitrogens with zero attached hydrogens (tertiary/aromatic N) is 2. The van der Waals surface area contributed by atoms with Crippen molar-refractivity contribution in [3.63, 3.8) is 0 Å². The van der Waals surface area contributed by atoms with E-state index in [1.807, 2.05) is 37.3 Å². The lowest BCUT2D eigenvalue weighted by Crippen LogP contribution is -1.95. The van der Waals surface area contributed by atoms with E-state index >= 15 is 0 Å². The summed E-state index contributed by atoms with van der Waals surface area (Å²) in [5.41, 5.74) is 2.39. The van der Waals surface area contributed by atoms with Crippen molar-refractivity contribution >= 4 is 23.2 Å². The first-order valence-electron chi connectivity index (χ1n) is 4.67. The van der Waals surface area contributed by atoms with Crippen molar-refractivity contribution in [1.29, 1.82) is 5.26 Å². The summed E-state index contributed by atoms with van der Waals surface area (Å²) in [6, 6.07) is 9.82. The summed E-state index contributed by atoms with van der Waals surface area (Å²) in [4.78, 5) is 0. The Balaban J connectivity index is 2.61. The molecule has 1 heterocycles. The van der Waals surface area contributed by atoms with E-state index in [1.54, 1.807) is 10.8 Å². The maximum Gasteiger partial charge on any atom is 0.145 e. The zero-order valence-corrected chi connectivity index (χ0v) is 10.0. The van der Waals surface area contributed by atoms with Crippen molar-refractivity contribution in [1.82, 2.24) is 4.57 Å². The normalized spacial score (nSPS) is 10.1. The van der Waals surface area contributed by atoms with Crippen LogP contribution in [0.15, 0.2) is 30.5 Å². The van der Waals surface area contributed by atoms with Gasteiger partial charge in [0.25, 0.3) is 0 Å². The van der Waals surface area contributed by atoms with E-state index in [4.69, 9.17) is 28.5 Å². The van der Waals surface area contributed by atoms with E-state index in [0.29, 0.717) is 15.7 Å². The van der Waals surface area contributed by atoms with Gasteiger partial charge in [-0.05, 0) is 19.1 Å². The summed E-state index contributed by atoms with van der Waals surface area (Å²) in [7, 11) is 0. The first-order chi connectivity index (χ1) is 7.63. The average molecular weight is 251 g/mol. The van der Waals surface area contributed by atoms with Crippen LogP contribution < -0.4 is 0 Å². The van der Waals surface area contributed by atoms with E-state index in [2.05, 4.69) is 0 Å². The molecule has 0 saturated carbocycles. The third-order valence-electron chi connectivity index (χ3n) is 2.32. The second kappa shape index (κ2) is 4.21. The van der Waals surface area contributed by atoms with Crippen LogP contribution in [0.5, 0.6) is 0 Å². The Bertz CT molecular complexity index is 562. The molecule has 0 amide bonds. The van der Waals surface area contributed by atoms with Gasteiger partial charge in [0.2, 0.25) is 0 Å². The summed E-state index contributed by atoms with van der Waals surface area (Å²) in [6.07, 6.45) is 1.65. The number of aryl methyl sites for hydroxylation is 1. The minimum Gasteiger partial charge on any atom is -0.305 e. The first kappa shape index (κ1) is 11.1. The highest BCUT2D eigenvalue weighted by molar-refractivity contribution is 6.42. The highest BCUT2D eigenvalue weighted by Crippen LogP contribution is 2.29. The number of benzene rings is 1. The first-order valence-corrected chi connectivity index (χ1v) is 5.42. The highest BCUT2D eigenvalue weighted by atomic mass is 35.5. The second-order valence-corrected chi connectivity index (χ2v) is 4.24. The quantitative estimate of drug-likeness (QED) is 0.753. The minimum atomic E-state index is 0.296. The molecule has 0 N–H and O–H groups in total. The van der Waals surface area contributed by atoms with Gasteiger partial charge >= 0.3 is 0 Å². The van der Waals surface area contributed by atoms with Crippen molar-refractivity contribution in [3.8, 4) is 11.8 Å². The topological polar surface area (TPSA) is 28.7 Å². The zero-order valence-electron chi connectivity index (χ0n) is 8.54. The van der Waals surface area contributed by atoms with E-state index in [1.165, 1.54) is 0 Å². The Hall–Kier alpha value is -1.43. The molecule has 0 radical (unpaired) electrons. The van der Waals surface area contributed by atoms with Crippen LogP contribution >= 0.6 is 23.2 Å². The van der Waals surface area contributed by atoms with Gasteiger partial charge in [0.15, 0.2) is 0 Å². The summed E-state index contributed by atoms with van der Waals surface area (Å²) in [6.45, 7) is 2.00. The van der Waals surface area contributed by atoms with Crippen LogP contribution in [-0.2, 0) is 0 Å². The summed E-state index contributed by atoms with van der Waals surface area (Å²) < 4.78 is 1.68. The van der Waals surface area contributed by atoms with Gasteiger partial charge in [0, 0.05) is 11.9 Å². The summed E-state index contributed by atoms with van der Waals surface area (Å²) in [5, 5.41) is 9.70. The molecule has 0 aliphatic heterocycles. The van der Waals surface area contributed by atoms with Crippen molar-refractivity contribution in [2.45, 2.75) is 6.92 Å². The van der Waals surface area contributed by atoms with Gasteiger partial charge in [-0.15, -0.1) is 0 Å². The standard InChI is InChI=1S/C12H8Cl2N2/c1-8-2-4-9(5-3-8)16-7-10(13)12(14)11(16)6-15/h2-5,7H,1H3. The van der Waals surface area contributed by atoms with Crippen LogP contribution in [0, 0.1) is 18.3 Å². The highest BCUT2D eigenvalue weighted by Gasteiger charge is 2.13. The molecule has 1 aromatic carbocycles. The molecule has 2 nitrogen and oxygen atoms in total. The van der Waals surface area contributed by atoms with Crippen LogP contribution in [0.25, 0.3) is 5.69 Å². The van der Waals surface area contributed by atoms with Crippen LogP contribution in [-0.4, -0.2) is 4.57 Å². The van der Waals surface area contributed by atoms with Crippen LogP contribution in [0.4, 0.5) is 0 Å². The fourth-order valence-corrected chi connectivity index (χ4v) is 1.83. The summed E-state index contributed by atoms with van der Waals surface area (Å²) in [5.74, 6) is 0. The molecule has 80 valence electrons. The summed E-state index contributed by atoms with van der Waals surface area (Å²) >= 11 is 11.8. The third-order valence-corrected chi connectivity index (χ3v) is 3.08. The predicted molar refractivity (Wildman–Crippen MR) is 65.2 cm³/mol. The van der Waals surface area contributed by atoms with Gasteiger partial charge in [-0.2, -0.15) is 5.26 Å². The average Bonchev–Trinajstić information content (AvgIpc) is 2.56. The van der Waals surface area contributed by atoms with E-state index < -0.39 is 0 Å². The number of hydrogen-bond acceptors (Lipinski definition) is 1. The number of halogens is 2. The fourth-order valence-electron chi connectivity index (χ4n) is 1.47. The molecule has 0 aliphatic carbocycles.